The van der Waals surface area contributed by atoms with Crippen molar-refractivity contribution in [2.24, 2.45) is 9.98 Å². The van der Waals surface area contributed by atoms with Crippen LogP contribution >= 0.6 is 0 Å². The fourth-order valence-corrected chi connectivity index (χ4v) is 9.08. The van der Waals surface area contributed by atoms with E-state index in [1.54, 1.807) is 0 Å². The zero-order valence-corrected chi connectivity index (χ0v) is 33.6. The summed E-state index contributed by atoms with van der Waals surface area (Å²) in [6.45, 7) is 0. The number of rotatable bonds is 7. The van der Waals surface area contributed by atoms with Crippen LogP contribution in [0.2, 0.25) is 0 Å². The smallest absolute Gasteiger partial charge is 0.170 e. The Kier molecular flexibility index (Phi) is 8.49. The van der Waals surface area contributed by atoms with Gasteiger partial charge < -0.3 is 14.3 Å². The largest absolute Gasteiger partial charge is 0.454 e. The van der Waals surface area contributed by atoms with E-state index in [0.29, 0.717) is 0 Å². The number of nitrogens with zero attached hydrogens (tertiary/aromatic N) is 3. The average molecular weight is 795 g/mol. The molecule has 5 heteroatoms. The van der Waals surface area contributed by atoms with Gasteiger partial charge in [0.05, 0.1) is 16.7 Å². The number of nitrogens with one attached hydrogen (secondary N) is 1. The minimum atomic E-state index is -0.540. The van der Waals surface area contributed by atoms with Gasteiger partial charge in [-0.1, -0.05) is 188 Å². The van der Waals surface area contributed by atoms with Crippen molar-refractivity contribution < 1.29 is 4.42 Å². The Hall–Kier alpha value is -8.28. The van der Waals surface area contributed by atoms with E-state index in [4.69, 9.17) is 14.4 Å². The Labute approximate surface area is 358 Å². The third kappa shape index (κ3) is 6.10. The average Bonchev–Trinajstić information content (AvgIpc) is 3.91. The van der Waals surface area contributed by atoms with Crippen LogP contribution in [-0.2, 0) is 0 Å². The molecule has 0 atom stereocenters. The molecule has 0 aliphatic carbocycles. The first-order valence-corrected chi connectivity index (χ1v) is 21.0. The maximum Gasteiger partial charge on any atom is 0.170 e. The molecule has 9 aromatic carbocycles. The van der Waals surface area contributed by atoms with Crippen LogP contribution in [0.3, 0.4) is 0 Å². The molecule has 0 bridgehead atoms. The summed E-state index contributed by atoms with van der Waals surface area (Å²) in [4.78, 5) is 10.7. The number of aliphatic imine (C=N–C) groups is 2. The quantitative estimate of drug-likeness (QED) is 0.175. The monoisotopic (exact) mass is 794 g/mol. The molecular formula is C57H38N4O. The van der Waals surface area contributed by atoms with Gasteiger partial charge in [-0.05, 0) is 63.7 Å². The summed E-state index contributed by atoms with van der Waals surface area (Å²) in [5, 5.41) is 8.05. The number of fused-ring (bicyclic) bond motifs is 6. The number of hydrogen-bond donors (Lipinski definition) is 1. The van der Waals surface area contributed by atoms with Crippen molar-refractivity contribution in [1.82, 2.24) is 9.88 Å². The van der Waals surface area contributed by atoms with Gasteiger partial charge in [0.2, 0.25) is 0 Å². The molecule has 62 heavy (non-hydrogen) atoms. The Morgan fingerprint density at radius 1 is 0.387 bits per heavy atom. The molecule has 5 nitrogen and oxygen atoms in total. The molecule has 0 radical (unpaired) electrons. The first-order valence-electron chi connectivity index (χ1n) is 21.0. The van der Waals surface area contributed by atoms with Gasteiger partial charge in [-0.25, -0.2) is 9.98 Å². The van der Waals surface area contributed by atoms with Crippen molar-refractivity contribution in [3.63, 3.8) is 0 Å². The zero-order chi connectivity index (χ0) is 41.0. The Morgan fingerprint density at radius 3 is 1.50 bits per heavy atom. The topological polar surface area (TPSA) is 54.8 Å². The number of benzene rings is 9. The normalized spacial score (nSPS) is 13.1. The summed E-state index contributed by atoms with van der Waals surface area (Å²) in [6.07, 6.45) is -0.540. The number of para-hydroxylation sites is 2. The lowest BCUT2D eigenvalue weighted by atomic mass is 10.0. The molecule has 0 spiro atoms. The second kappa shape index (κ2) is 14.8. The number of aromatic nitrogens is 1. The lowest BCUT2D eigenvalue weighted by molar-refractivity contribution is 0.665. The summed E-state index contributed by atoms with van der Waals surface area (Å²) >= 11 is 0. The maximum absolute atomic E-state index is 6.93. The van der Waals surface area contributed by atoms with E-state index < -0.39 is 6.17 Å². The highest BCUT2D eigenvalue weighted by molar-refractivity contribution is 6.17. The van der Waals surface area contributed by atoms with E-state index in [0.717, 1.165) is 78.1 Å². The molecule has 2 aromatic heterocycles. The van der Waals surface area contributed by atoms with Gasteiger partial charge in [-0.15, -0.1) is 0 Å². The fourth-order valence-electron chi connectivity index (χ4n) is 9.08. The first-order chi connectivity index (χ1) is 30.7. The van der Waals surface area contributed by atoms with Crippen LogP contribution in [0.15, 0.2) is 233 Å². The minimum absolute atomic E-state index is 0.540. The highest BCUT2D eigenvalue weighted by atomic mass is 16.3. The van der Waals surface area contributed by atoms with Crippen molar-refractivity contribution in [1.29, 1.82) is 0 Å². The fraction of sp³-hybridized carbons (Fsp3) is 0.0175. The van der Waals surface area contributed by atoms with Crippen LogP contribution in [0.4, 0.5) is 0 Å². The predicted molar refractivity (Wildman–Crippen MR) is 256 cm³/mol. The van der Waals surface area contributed by atoms with E-state index in [1.807, 2.05) is 12.1 Å². The summed E-state index contributed by atoms with van der Waals surface area (Å²) in [6, 6.07) is 76.8. The van der Waals surface area contributed by atoms with Crippen LogP contribution in [0.1, 0.15) is 22.9 Å². The number of amidine groups is 2. The van der Waals surface area contributed by atoms with E-state index in [2.05, 4.69) is 216 Å². The molecule has 12 rings (SSSR count). The van der Waals surface area contributed by atoms with E-state index >= 15 is 0 Å². The van der Waals surface area contributed by atoms with Crippen molar-refractivity contribution in [2.75, 3.05) is 0 Å². The third-order valence-corrected chi connectivity index (χ3v) is 12.1. The second-order valence-electron chi connectivity index (χ2n) is 15.8. The van der Waals surface area contributed by atoms with Gasteiger partial charge in [-0.2, -0.15) is 0 Å². The third-order valence-electron chi connectivity index (χ3n) is 12.1. The molecule has 1 aliphatic heterocycles. The molecule has 0 amide bonds. The van der Waals surface area contributed by atoms with E-state index in [9.17, 15) is 0 Å². The van der Waals surface area contributed by atoms with Crippen molar-refractivity contribution in [3.8, 4) is 39.1 Å². The van der Waals surface area contributed by atoms with Gasteiger partial charge in [0.25, 0.3) is 0 Å². The van der Waals surface area contributed by atoms with Crippen LogP contribution in [0.25, 0.3) is 82.8 Å². The molecule has 1 aliphatic rings. The minimum Gasteiger partial charge on any atom is -0.454 e. The van der Waals surface area contributed by atoms with E-state index in [-0.39, 0.29) is 0 Å². The van der Waals surface area contributed by atoms with Crippen LogP contribution < -0.4 is 5.32 Å². The van der Waals surface area contributed by atoms with E-state index in [1.165, 1.54) is 33.0 Å². The molecule has 1 N–H and O–H groups in total. The lowest BCUT2D eigenvalue weighted by Gasteiger charge is -2.23. The molecule has 3 heterocycles. The van der Waals surface area contributed by atoms with Gasteiger partial charge in [0.15, 0.2) is 11.7 Å². The molecule has 0 fully saturated rings. The van der Waals surface area contributed by atoms with Crippen molar-refractivity contribution >= 4 is 55.4 Å². The highest BCUT2D eigenvalue weighted by Crippen LogP contribution is 2.42. The Bertz CT molecular complexity index is 3410. The zero-order valence-electron chi connectivity index (χ0n) is 33.6. The van der Waals surface area contributed by atoms with Gasteiger partial charge >= 0.3 is 0 Å². The molecule has 11 aromatic rings. The molecular weight excluding hydrogens is 757 g/mol. The predicted octanol–water partition coefficient (Wildman–Crippen LogP) is 14.2. The first kappa shape index (κ1) is 35.6. The molecule has 0 saturated carbocycles. The van der Waals surface area contributed by atoms with Crippen molar-refractivity contribution in [3.05, 3.63) is 235 Å². The summed E-state index contributed by atoms with van der Waals surface area (Å²) in [7, 11) is 0. The standard InChI is InChI=1S/C57H38N4O/c1-4-14-37(15-5-1)40-26-30-42(31-27-40)55-58-56(43-32-28-41(29-33-43)38-16-6-2-7-17-38)60-57(59-55)47-22-13-25-52-53(47)46-21-12-24-51(54(46)62-52)61-49-23-11-10-20-45(49)48-36-44(34-35-50(48)61)39-18-8-3-9-19-39/h1-36,57H,(H,58,59,60). The second-order valence-corrected chi connectivity index (χ2v) is 15.8. The Morgan fingerprint density at radius 2 is 0.871 bits per heavy atom. The number of hydrogen-bond acceptors (Lipinski definition) is 4. The van der Waals surface area contributed by atoms with Gasteiger partial charge in [0.1, 0.15) is 17.3 Å². The lowest BCUT2D eigenvalue weighted by Crippen LogP contribution is -2.36. The Balaban J connectivity index is 1.01. The highest BCUT2D eigenvalue weighted by Gasteiger charge is 2.26. The van der Waals surface area contributed by atoms with Gasteiger partial charge in [0, 0.05) is 38.2 Å². The van der Waals surface area contributed by atoms with Crippen molar-refractivity contribution in [2.45, 2.75) is 6.17 Å². The molecule has 0 saturated heterocycles. The molecule has 0 unspecified atom stereocenters. The van der Waals surface area contributed by atoms with Gasteiger partial charge in [-0.3, -0.25) is 0 Å². The summed E-state index contributed by atoms with van der Waals surface area (Å²) in [5.74, 6) is 1.52. The number of furan rings is 1. The van der Waals surface area contributed by atoms with Crippen LogP contribution in [0.5, 0.6) is 0 Å². The van der Waals surface area contributed by atoms with Crippen LogP contribution in [-0.4, -0.2) is 16.2 Å². The summed E-state index contributed by atoms with van der Waals surface area (Å²) < 4.78 is 9.28. The molecule has 292 valence electrons. The van der Waals surface area contributed by atoms with Crippen LogP contribution in [0, 0.1) is 0 Å². The SMILES string of the molecule is c1ccc(-c2ccc(C3=NC(c4cccc5oc6c(-n7c8ccccc8c8cc(-c9ccccc9)ccc87)cccc6c45)N=C(c4ccc(-c5ccccc5)cc4)N3)cc2)cc1. The summed E-state index contributed by atoms with van der Waals surface area (Å²) in [5.41, 5.74) is 14.8. The maximum atomic E-state index is 6.93.